The lowest BCUT2D eigenvalue weighted by Gasteiger charge is -2.26. The van der Waals surface area contributed by atoms with E-state index in [1.807, 2.05) is 45.9 Å². The van der Waals surface area contributed by atoms with Crippen LogP contribution < -0.4 is 4.74 Å². The van der Waals surface area contributed by atoms with Gasteiger partial charge in [0.2, 0.25) is 0 Å². The van der Waals surface area contributed by atoms with Crippen molar-refractivity contribution in [3.8, 4) is 5.75 Å². The van der Waals surface area contributed by atoms with E-state index >= 15 is 0 Å². The minimum Gasteiger partial charge on any atom is -0.483 e. The van der Waals surface area contributed by atoms with Crippen LogP contribution in [0.4, 0.5) is 0 Å². The lowest BCUT2D eigenvalue weighted by molar-refractivity contribution is -0.142. The first-order valence-electron chi connectivity index (χ1n) is 7.42. The van der Waals surface area contributed by atoms with Crippen LogP contribution in [0.2, 0.25) is 0 Å². The Hall–Kier alpha value is -2.04. The SMILES string of the molecule is COC(=O)CCN(C(=O)COc1cccc(C)c1C)C(C)C. The molecule has 0 aliphatic carbocycles. The van der Waals surface area contributed by atoms with Gasteiger partial charge in [0, 0.05) is 12.6 Å². The van der Waals surface area contributed by atoms with Crippen LogP contribution in [0.3, 0.4) is 0 Å². The Labute approximate surface area is 132 Å². The predicted octanol–water partition coefficient (Wildman–Crippen LogP) is 2.48. The van der Waals surface area contributed by atoms with E-state index in [4.69, 9.17) is 4.74 Å². The average Bonchev–Trinajstić information content (AvgIpc) is 2.48. The molecule has 1 aromatic carbocycles. The summed E-state index contributed by atoms with van der Waals surface area (Å²) in [6.07, 6.45) is 0.184. The van der Waals surface area contributed by atoms with Gasteiger partial charge >= 0.3 is 5.97 Å². The largest absolute Gasteiger partial charge is 0.483 e. The molecular weight excluding hydrogens is 282 g/mol. The van der Waals surface area contributed by atoms with Crippen molar-refractivity contribution in [3.63, 3.8) is 0 Å². The van der Waals surface area contributed by atoms with E-state index in [1.54, 1.807) is 4.90 Å². The van der Waals surface area contributed by atoms with E-state index in [0.717, 1.165) is 11.1 Å². The van der Waals surface area contributed by atoms with Gasteiger partial charge in [-0.3, -0.25) is 9.59 Å². The second-order valence-electron chi connectivity index (χ2n) is 5.49. The normalized spacial score (nSPS) is 10.5. The average molecular weight is 307 g/mol. The van der Waals surface area contributed by atoms with Crippen molar-refractivity contribution in [1.82, 2.24) is 4.90 Å². The Bertz CT molecular complexity index is 525. The summed E-state index contributed by atoms with van der Waals surface area (Å²) in [7, 11) is 1.34. The van der Waals surface area contributed by atoms with Crippen molar-refractivity contribution in [1.29, 1.82) is 0 Å². The molecule has 0 N–H and O–H groups in total. The molecule has 122 valence electrons. The highest BCUT2D eigenvalue weighted by Crippen LogP contribution is 2.20. The fourth-order valence-corrected chi connectivity index (χ4v) is 2.09. The first-order valence-corrected chi connectivity index (χ1v) is 7.42. The molecule has 0 fully saturated rings. The summed E-state index contributed by atoms with van der Waals surface area (Å²) in [5.74, 6) is 0.249. The van der Waals surface area contributed by atoms with Crippen molar-refractivity contribution in [2.24, 2.45) is 0 Å². The van der Waals surface area contributed by atoms with Gasteiger partial charge in [-0.25, -0.2) is 0 Å². The number of carbonyl (C=O) groups is 2. The number of hydrogen-bond donors (Lipinski definition) is 0. The Morgan fingerprint density at radius 1 is 1.23 bits per heavy atom. The van der Waals surface area contributed by atoms with Gasteiger partial charge in [0.15, 0.2) is 6.61 Å². The number of esters is 1. The molecular formula is C17H25NO4. The molecule has 0 unspecified atom stereocenters. The van der Waals surface area contributed by atoms with Crippen LogP contribution in [-0.2, 0) is 14.3 Å². The number of hydrogen-bond acceptors (Lipinski definition) is 4. The molecule has 1 aromatic rings. The summed E-state index contributed by atoms with van der Waals surface area (Å²) in [4.78, 5) is 25.2. The van der Waals surface area contributed by atoms with Crippen LogP contribution in [0, 0.1) is 13.8 Å². The molecule has 22 heavy (non-hydrogen) atoms. The zero-order chi connectivity index (χ0) is 16.7. The fourth-order valence-electron chi connectivity index (χ4n) is 2.09. The van der Waals surface area contributed by atoms with Gasteiger partial charge in [-0.15, -0.1) is 0 Å². The van der Waals surface area contributed by atoms with Crippen molar-refractivity contribution < 1.29 is 19.1 Å². The number of methoxy groups -OCH3 is 1. The summed E-state index contributed by atoms with van der Waals surface area (Å²) in [6.45, 7) is 8.08. The minimum atomic E-state index is -0.325. The first kappa shape index (κ1) is 18.0. The van der Waals surface area contributed by atoms with Gasteiger partial charge in [-0.1, -0.05) is 12.1 Å². The summed E-state index contributed by atoms with van der Waals surface area (Å²) < 4.78 is 10.2. The van der Waals surface area contributed by atoms with E-state index in [2.05, 4.69) is 4.74 Å². The Morgan fingerprint density at radius 2 is 1.91 bits per heavy atom. The van der Waals surface area contributed by atoms with Crippen molar-refractivity contribution in [2.45, 2.75) is 40.2 Å². The smallest absolute Gasteiger partial charge is 0.307 e. The van der Waals surface area contributed by atoms with Gasteiger partial charge in [-0.2, -0.15) is 0 Å². The van der Waals surface area contributed by atoms with Gasteiger partial charge < -0.3 is 14.4 Å². The lowest BCUT2D eigenvalue weighted by Crippen LogP contribution is -2.41. The lowest BCUT2D eigenvalue weighted by atomic mass is 10.1. The Balaban J connectivity index is 2.63. The molecule has 0 saturated carbocycles. The van der Waals surface area contributed by atoms with E-state index in [-0.39, 0.29) is 30.9 Å². The maximum Gasteiger partial charge on any atom is 0.307 e. The zero-order valence-corrected chi connectivity index (χ0v) is 14.0. The van der Waals surface area contributed by atoms with E-state index < -0.39 is 0 Å². The first-order chi connectivity index (χ1) is 10.4. The molecule has 1 rings (SSSR count). The van der Waals surface area contributed by atoms with Crippen LogP contribution in [0.15, 0.2) is 18.2 Å². The monoisotopic (exact) mass is 307 g/mol. The maximum absolute atomic E-state index is 12.3. The topological polar surface area (TPSA) is 55.8 Å². The minimum absolute atomic E-state index is 0.000590. The second kappa shape index (κ2) is 8.41. The molecule has 5 heteroatoms. The van der Waals surface area contributed by atoms with Crippen LogP contribution in [0.1, 0.15) is 31.4 Å². The molecule has 0 aromatic heterocycles. The predicted molar refractivity (Wildman–Crippen MR) is 84.9 cm³/mol. The molecule has 0 atom stereocenters. The van der Waals surface area contributed by atoms with Crippen LogP contribution in [-0.4, -0.2) is 43.1 Å². The number of nitrogens with zero attached hydrogens (tertiary/aromatic N) is 1. The van der Waals surface area contributed by atoms with Crippen LogP contribution in [0.25, 0.3) is 0 Å². The highest BCUT2D eigenvalue weighted by molar-refractivity contribution is 5.79. The van der Waals surface area contributed by atoms with Gasteiger partial charge in [-0.05, 0) is 44.9 Å². The maximum atomic E-state index is 12.3. The zero-order valence-electron chi connectivity index (χ0n) is 14.0. The number of benzene rings is 1. The molecule has 0 saturated heterocycles. The van der Waals surface area contributed by atoms with E-state index in [1.165, 1.54) is 7.11 Å². The number of rotatable bonds is 7. The van der Waals surface area contributed by atoms with Gasteiger partial charge in [0.1, 0.15) is 5.75 Å². The summed E-state index contributed by atoms with van der Waals surface area (Å²) in [5, 5.41) is 0. The molecule has 0 aliphatic rings. The fraction of sp³-hybridized carbons (Fsp3) is 0.529. The van der Waals surface area contributed by atoms with Gasteiger partial charge in [0.05, 0.1) is 13.5 Å². The molecule has 0 radical (unpaired) electrons. The molecule has 0 bridgehead atoms. The van der Waals surface area contributed by atoms with E-state index in [0.29, 0.717) is 12.3 Å². The molecule has 1 amide bonds. The van der Waals surface area contributed by atoms with Crippen LogP contribution >= 0.6 is 0 Å². The molecule has 0 spiro atoms. The third-order valence-electron chi connectivity index (χ3n) is 3.63. The Morgan fingerprint density at radius 3 is 2.50 bits per heavy atom. The second-order valence-corrected chi connectivity index (χ2v) is 5.49. The summed E-state index contributed by atoms with van der Waals surface area (Å²) in [5.41, 5.74) is 2.15. The third kappa shape index (κ3) is 5.06. The number of aryl methyl sites for hydroxylation is 1. The Kier molecular flexibility index (Phi) is 6.89. The highest BCUT2D eigenvalue weighted by Gasteiger charge is 2.19. The molecule has 5 nitrogen and oxygen atoms in total. The van der Waals surface area contributed by atoms with Crippen LogP contribution in [0.5, 0.6) is 5.75 Å². The highest BCUT2D eigenvalue weighted by atomic mass is 16.5. The molecule has 0 aliphatic heterocycles. The standard InChI is InChI=1S/C17H25NO4/c1-12(2)18(10-9-17(20)21-5)16(19)11-22-15-8-6-7-13(3)14(15)4/h6-8,12H,9-11H2,1-5H3. The third-order valence-corrected chi connectivity index (χ3v) is 3.63. The quantitative estimate of drug-likeness (QED) is 0.726. The van der Waals surface area contributed by atoms with Crippen molar-refractivity contribution in [2.75, 3.05) is 20.3 Å². The number of ether oxygens (including phenoxy) is 2. The van der Waals surface area contributed by atoms with E-state index in [9.17, 15) is 9.59 Å². The summed E-state index contributed by atoms with van der Waals surface area (Å²) >= 11 is 0. The number of carbonyl (C=O) groups excluding carboxylic acids is 2. The molecule has 0 heterocycles. The van der Waals surface area contributed by atoms with Gasteiger partial charge in [0.25, 0.3) is 5.91 Å². The summed E-state index contributed by atoms with van der Waals surface area (Å²) in [6, 6.07) is 5.75. The van der Waals surface area contributed by atoms with Crippen molar-refractivity contribution in [3.05, 3.63) is 29.3 Å². The number of amides is 1. The van der Waals surface area contributed by atoms with Crippen molar-refractivity contribution >= 4 is 11.9 Å².